The molecule has 1 unspecified atom stereocenters. The molecule has 0 N–H and O–H groups in total. The van der Waals surface area contributed by atoms with Gasteiger partial charge in [0.2, 0.25) is 11.8 Å². The maximum absolute atomic E-state index is 12.0. The minimum absolute atomic E-state index is 0.109. The minimum Gasteiger partial charge on any atom is -0.467 e. The smallest absolute Gasteiger partial charge is 0.336 e. The number of methoxy groups -OCH3 is 1. The van der Waals surface area contributed by atoms with Gasteiger partial charge in [-0.3, -0.25) is 19.4 Å². The summed E-state index contributed by atoms with van der Waals surface area (Å²) >= 11 is 0. The second kappa shape index (κ2) is 6.12. The van der Waals surface area contributed by atoms with Crippen LogP contribution < -0.4 is 0 Å². The number of likely N-dealkylation sites (tertiary alicyclic amines) is 1. The Kier molecular flexibility index (Phi) is 4.49. The van der Waals surface area contributed by atoms with E-state index < -0.39 is 12.1 Å². The summed E-state index contributed by atoms with van der Waals surface area (Å²) in [5.74, 6) is -0.745. The molecule has 0 saturated carbocycles. The molecule has 7 nitrogen and oxygen atoms in total. The predicted molar refractivity (Wildman–Crippen MR) is 64.2 cm³/mol. The summed E-state index contributed by atoms with van der Waals surface area (Å²) in [6.07, 6.45) is 0.527. The number of amides is 2. The van der Waals surface area contributed by atoms with E-state index in [1.165, 1.54) is 12.0 Å². The molecule has 0 radical (unpaired) electrons. The summed E-state index contributed by atoms with van der Waals surface area (Å²) < 4.78 is 9.90. The van der Waals surface area contributed by atoms with Gasteiger partial charge < -0.3 is 9.47 Å². The van der Waals surface area contributed by atoms with Crippen LogP contribution in [-0.2, 0) is 23.9 Å². The molecule has 2 amide bonds. The van der Waals surface area contributed by atoms with Crippen LogP contribution in [0.15, 0.2) is 0 Å². The summed E-state index contributed by atoms with van der Waals surface area (Å²) in [5.41, 5.74) is 0. The van der Waals surface area contributed by atoms with Crippen molar-refractivity contribution < 1.29 is 23.9 Å². The normalized spacial score (nSPS) is 24.6. The van der Waals surface area contributed by atoms with Crippen LogP contribution in [0, 0.1) is 0 Å². The van der Waals surface area contributed by atoms with E-state index in [1.807, 2.05) is 4.90 Å². The van der Waals surface area contributed by atoms with Gasteiger partial charge in [-0.05, 0) is 6.42 Å². The quantitative estimate of drug-likeness (QED) is 0.613. The number of imide groups is 1. The number of morpholine rings is 1. The molecule has 0 aromatic heterocycles. The molecule has 2 fully saturated rings. The highest BCUT2D eigenvalue weighted by Gasteiger charge is 2.31. The zero-order valence-corrected chi connectivity index (χ0v) is 11.0. The van der Waals surface area contributed by atoms with Crippen LogP contribution in [0.4, 0.5) is 0 Å². The van der Waals surface area contributed by atoms with Gasteiger partial charge in [0.05, 0.1) is 20.3 Å². The van der Waals surface area contributed by atoms with Crippen LogP contribution in [0.3, 0.4) is 0 Å². The third-order valence-corrected chi connectivity index (χ3v) is 3.35. The monoisotopic (exact) mass is 270 g/mol. The molecule has 2 aliphatic rings. The van der Waals surface area contributed by atoms with Crippen molar-refractivity contribution in [3.8, 4) is 0 Å². The largest absolute Gasteiger partial charge is 0.467 e. The van der Waals surface area contributed by atoms with Crippen LogP contribution >= 0.6 is 0 Å². The van der Waals surface area contributed by atoms with Crippen molar-refractivity contribution in [1.29, 1.82) is 0 Å². The van der Waals surface area contributed by atoms with Gasteiger partial charge >= 0.3 is 5.97 Å². The second-order valence-corrected chi connectivity index (χ2v) is 4.66. The number of hydrogen-bond donors (Lipinski definition) is 0. The van der Waals surface area contributed by atoms with E-state index in [9.17, 15) is 14.4 Å². The van der Waals surface area contributed by atoms with Crippen molar-refractivity contribution in [2.75, 3.05) is 39.9 Å². The number of nitrogens with zero attached hydrogens (tertiary/aromatic N) is 2. The number of esters is 1. The molecule has 0 spiro atoms. The third kappa shape index (κ3) is 3.30. The molecular weight excluding hydrogens is 252 g/mol. The summed E-state index contributed by atoms with van der Waals surface area (Å²) in [6, 6.07) is 0. The number of rotatable bonds is 3. The van der Waals surface area contributed by atoms with Gasteiger partial charge in [0.15, 0.2) is 6.10 Å². The molecule has 1 atom stereocenters. The number of carbonyl (C=O) groups excluding carboxylic acids is 3. The number of ether oxygens (including phenoxy) is 2. The van der Waals surface area contributed by atoms with E-state index >= 15 is 0 Å². The first-order valence-electron chi connectivity index (χ1n) is 6.37. The maximum atomic E-state index is 12.0. The van der Waals surface area contributed by atoms with E-state index in [2.05, 4.69) is 4.74 Å². The summed E-state index contributed by atoms with van der Waals surface area (Å²) in [7, 11) is 1.30. The average molecular weight is 270 g/mol. The van der Waals surface area contributed by atoms with Crippen LogP contribution in [0.5, 0.6) is 0 Å². The maximum Gasteiger partial charge on any atom is 0.336 e. The van der Waals surface area contributed by atoms with Gasteiger partial charge in [-0.1, -0.05) is 0 Å². The predicted octanol–water partition coefficient (Wildman–Crippen LogP) is -0.991. The second-order valence-electron chi connectivity index (χ2n) is 4.66. The Balaban J connectivity index is 1.86. The van der Waals surface area contributed by atoms with Gasteiger partial charge in [-0.25, -0.2) is 4.79 Å². The Morgan fingerprint density at radius 3 is 2.84 bits per heavy atom. The van der Waals surface area contributed by atoms with Gasteiger partial charge in [-0.15, -0.1) is 0 Å². The van der Waals surface area contributed by atoms with Gasteiger partial charge in [0, 0.05) is 26.1 Å². The van der Waals surface area contributed by atoms with Crippen molar-refractivity contribution in [1.82, 2.24) is 9.80 Å². The first-order valence-corrected chi connectivity index (χ1v) is 6.37. The zero-order valence-electron chi connectivity index (χ0n) is 11.0. The molecule has 0 aliphatic carbocycles. The van der Waals surface area contributed by atoms with Gasteiger partial charge in [-0.2, -0.15) is 0 Å². The molecule has 0 aromatic carbocycles. The van der Waals surface area contributed by atoms with Crippen molar-refractivity contribution in [3.05, 3.63) is 0 Å². The van der Waals surface area contributed by atoms with Crippen molar-refractivity contribution >= 4 is 17.8 Å². The van der Waals surface area contributed by atoms with Crippen LogP contribution in [-0.4, -0.2) is 73.6 Å². The van der Waals surface area contributed by atoms with Crippen molar-refractivity contribution in [2.45, 2.75) is 18.9 Å². The molecule has 19 heavy (non-hydrogen) atoms. The summed E-state index contributed by atoms with van der Waals surface area (Å²) in [6.45, 7) is 1.91. The lowest BCUT2D eigenvalue weighted by atomic mass is 10.2. The zero-order chi connectivity index (χ0) is 13.8. The lowest BCUT2D eigenvalue weighted by Crippen LogP contribution is -2.50. The molecule has 2 saturated heterocycles. The van der Waals surface area contributed by atoms with Crippen molar-refractivity contribution in [2.24, 2.45) is 0 Å². The Morgan fingerprint density at radius 2 is 2.21 bits per heavy atom. The SMILES string of the molecule is COC(=O)C1CN(CC(=O)N2CCCC2=O)CCO1. The molecule has 0 bridgehead atoms. The molecule has 0 aromatic rings. The Bertz CT molecular complexity index is 384. The Hall–Kier alpha value is -1.47. The van der Waals surface area contributed by atoms with Crippen LogP contribution in [0.1, 0.15) is 12.8 Å². The molecule has 2 heterocycles. The highest BCUT2D eigenvalue weighted by molar-refractivity contribution is 5.97. The Morgan fingerprint density at radius 1 is 1.42 bits per heavy atom. The van der Waals surface area contributed by atoms with E-state index in [4.69, 9.17) is 4.74 Å². The lowest BCUT2D eigenvalue weighted by molar-refractivity contribution is -0.161. The lowest BCUT2D eigenvalue weighted by Gasteiger charge is -2.31. The van der Waals surface area contributed by atoms with Crippen LogP contribution in [0.2, 0.25) is 0 Å². The highest BCUT2D eigenvalue weighted by Crippen LogP contribution is 2.12. The van der Waals surface area contributed by atoms with E-state index in [-0.39, 0.29) is 18.4 Å². The molecular formula is C12H18N2O5. The van der Waals surface area contributed by atoms with Gasteiger partial charge in [0.1, 0.15) is 0 Å². The molecule has 2 rings (SSSR count). The molecule has 2 aliphatic heterocycles. The molecule has 7 heteroatoms. The standard InChI is InChI=1S/C12H18N2O5/c1-18-12(17)9-7-13(5-6-19-9)8-11(16)14-4-2-3-10(14)15/h9H,2-8H2,1H3. The molecule has 106 valence electrons. The number of carbonyl (C=O) groups is 3. The highest BCUT2D eigenvalue weighted by atomic mass is 16.6. The van der Waals surface area contributed by atoms with Gasteiger partial charge in [0.25, 0.3) is 0 Å². The first kappa shape index (κ1) is 14.0. The fourth-order valence-electron chi connectivity index (χ4n) is 2.31. The van der Waals surface area contributed by atoms with Crippen molar-refractivity contribution in [3.63, 3.8) is 0 Å². The Labute approximate surface area is 111 Å². The fourth-order valence-corrected chi connectivity index (χ4v) is 2.31. The van der Waals surface area contributed by atoms with E-state index in [0.29, 0.717) is 32.7 Å². The fraction of sp³-hybridized carbons (Fsp3) is 0.750. The third-order valence-electron chi connectivity index (χ3n) is 3.35. The summed E-state index contributed by atoms with van der Waals surface area (Å²) in [5, 5.41) is 0. The average Bonchev–Trinajstić information content (AvgIpc) is 2.84. The minimum atomic E-state index is -0.652. The topological polar surface area (TPSA) is 76.2 Å². The van der Waals surface area contributed by atoms with E-state index in [1.54, 1.807) is 0 Å². The first-order chi connectivity index (χ1) is 9.11. The van der Waals surface area contributed by atoms with E-state index in [0.717, 1.165) is 6.42 Å². The summed E-state index contributed by atoms with van der Waals surface area (Å²) in [4.78, 5) is 37.9. The van der Waals surface area contributed by atoms with Crippen LogP contribution in [0.25, 0.3) is 0 Å². The number of hydrogen-bond acceptors (Lipinski definition) is 6.